The summed E-state index contributed by atoms with van der Waals surface area (Å²) >= 11 is 0. The van der Waals surface area contributed by atoms with Crippen LogP contribution in [0.25, 0.3) is 0 Å². The molecule has 3 rings (SSSR count). The quantitative estimate of drug-likeness (QED) is 0.715. The summed E-state index contributed by atoms with van der Waals surface area (Å²) in [6.45, 7) is 1.53. The molecule has 1 aliphatic rings. The van der Waals surface area contributed by atoms with Gasteiger partial charge >= 0.3 is 0 Å². The Morgan fingerprint density at radius 1 is 1.27 bits per heavy atom. The lowest BCUT2D eigenvalue weighted by molar-refractivity contribution is 0.379. The van der Waals surface area contributed by atoms with Gasteiger partial charge in [0.05, 0.1) is 43.0 Å². The van der Waals surface area contributed by atoms with Gasteiger partial charge in [0.2, 0.25) is 5.88 Å². The van der Waals surface area contributed by atoms with Crippen LogP contribution in [0.2, 0.25) is 0 Å². The zero-order valence-electron chi connectivity index (χ0n) is 16.7. The maximum atomic E-state index is 12.7. The minimum Gasteiger partial charge on any atom is -0.497 e. The molecule has 1 aromatic carbocycles. The van der Waals surface area contributed by atoms with Crippen LogP contribution in [0.5, 0.6) is 17.4 Å². The molecule has 158 valence electrons. The molecule has 1 aliphatic heterocycles. The molecule has 0 bridgehead atoms. The molecule has 0 radical (unpaired) electrons. The van der Waals surface area contributed by atoms with E-state index >= 15 is 0 Å². The van der Waals surface area contributed by atoms with Crippen LogP contribution in [0.1, 0.15) is 29.2 Å². The number of rotatable bonds is 5. The molecule has 1 unspecified atom stereocenters. The first-order valence-electron chi connectivity index (χ1n) is 9.06. The first kappa shape index (κ1) is 21.4. The second-order valence-electron chi connectivity index (χ2n) is 6.91. The molecule has 0 saturated carbocycles. The van der Waals surface area contributed by atoms with Crippen molar-refractivity contribution in [2.24, 2.45) is 4.99 Å². The van der Waals surface area contributed by atoms with Crippen LogP contribution in [-0.4, -0.2) is 50.0 Å². The number of hydrogen-bond acceptors (Lipinski definition) is 8. The minimum atomic E-state index is -3.31. The number of nitriles is 1. The van der Waals surface area contributed by atoms with E-state index in [0.29, 0.717) is 17.2 Å². The number of aromatic nitrogens is 1. The van der Waals surface area contributed by atoms with Crippen LogP contribution in [0.15, 0.2) is 28.0 Å². The van der Waals surface area contributed by atoms with Gasteiger partial charge in [0, 0.05) is 24.4 Å². The van der Waals surface area contributed by atoms with E-state index in [1.54, 1.807) is 18.2 Å². The Balaban J connectivity index is 2.14. The molecule has 1 N–H and O–H groups in total. The fraction of sp³-hybridized carbons (Fsp3) is 0.350. The predicted octanol–water partition coefficient (Wildman–Crippen LogP) is 1.86. The fourth-order valence-electron chi connectivity index (χ4n) is 3.42. The van der Waals surface area contributed by atoms with E-state index in [9.17, 15) is 23.6 Å². The van der Waals surface area contributed by atoms with Crippen LogP contribution in [0.4, 0.5) is 5.69 Å². The second kappa shape index (κ2) is 8.20. The lowest BCUT2D eigenvalue weighted by Crippen LogP contribution is -2.29. The second-order valence-corrected chi connectivity index (χ2v) is 9.14. The Morgan fingerprint density at radius 2 is 1.90 bits per heavy atom. The minimum absolute atomic E-state index is 0.0770. The summed E-state index contributed by atoms with van der Waals surface area (Å²) in [7, 11) is -0.300. The third kappa shape index (κ3) is 4.02. The molecular weight excluding hydrogens is 410 g/mol. The average molecular weight is 431 g/mol. The molecule has 10 heteroatoms. The summed E-state index contributed by atoms with van der Waals surface area (Å²) in [5, 5.41) is 20.3. The van der Waals surface area contributed by atoms with Gasteiger partial charge in [-0.15, -0.1) is 0 Å². The van der Waals surface area contributed by atoms with Gasteiger partial charge in [-0.3, -0.25) is 14.4 Å². The van der Waals surface area contributed by atoms with Crippen molar-refractivity contribution in [2.45, 2.75) is 19.4 Å². The summed E-state index contributed by atoms with van der Waals surface area (Å²) in [6.07, 6.45) is 1.52. The van der Waals surface area contributed by atoms with E-state index in [0.717, 1.165) is 4.57 Å². The van der Waals surface area contributed by atoms with Gasteiger partial charge in [0.15, 0.2) is 9.84 Å². The standard InChI is InChI=1S/C20H21N3O6S/c1-12-17(9-21)19(24)23(14-4-5-30(26,27)11-14)20(25)18(12)10-22-13-6-15(28-2)8-16(7-13)29-3/h6-8,10,14,25H,4-5,11H2,1-3H3. The highest BCUT2D eigenvalue weighted by Gasteiger charge is 2.33. The lowest BCUT2D eigenvalue weighted by Gasteiger charge is -2.18. The molecule has 1 fully saturated rings. The maximum absolute atomic E-state index is 12.7. The van der Waals surface area contributed by atoms with Gasteiger partial charge in [-0.1, -0.05) is 0 Å². The van der Waals surface area contributed by atoms with Crippen molar-refractivity contribution in [2.75, 3.05) is 25.7 Å². The number of aromatic hydroxyl groups is 1. The van der Waals surface area contributed by atoms with Gasteiger partial charge in [-0.05, 0) is 18.9 Å². The Hall–Kier alpha value is -3.32. The van der Waals surface area contributed by atoms with Crippen LogP contribution in [0, 0.1) is 18.3 Å². The zero-order chi connectivity index (χ0) is 22.1. The van der Waals surface area contributed by atoms with Gasteiger partial charge in [0.1, 0.15) is 23.1 Å². The first-order valence-corrected chi connectivity index (χ1v) is 10.9. The highest BCUT2D eigenvalue weighted by molar-refractivity contribution is 7.91. The molecule has 2 heterocycles. The number of methoxy groups -OCH3 is 2. The molecule has 1 aromatic heterocycles. The summed E-state index contributed by atoms with van der Waals surface area (Å²) < 4.78 is 35.1. The number of pyridine rings is 1. The number of benzene rings is 1. The Bertz CT molecular complexity index is 1200. The zero-order valence-corrected chi connectivity index (χ0v) is 17.6. The van der Waals surface area contributed by atoms with Crippen LogP contribution in [0.3, 0.4) is 0 Å². The van der Waals surface area contributed by atoms with Crippen molar-refractivity contribution in [1.29, 1.82) is 5.26 Å². The molecule has 30 heavy (non-hydrogen) atoms. The monoisotopic (exact) mass is 431 g/mol. The first-order chi connectivity index (χ1) is 14.2. The highest BCUT2D eigenvalue weighted by Crippen LogP contribution is 2.31. The van der Waals surface area contributed by atoms with Crippen molar-refractivity contribution < 1.29 is 23.0 Å². The topological polar surface area (TPSA) is 131 Å². The Labute approximate surface area is 173 Å². The number of hydrogen-bond donors (Lipinski definition) is 1. The highest BCUT2D eigenvalue weighted by atomic mass is 32.2. The third-order valence-corrected chi connectivity index (χ3v) is 6.80. The summed E-state index contributed by atoms with van der Waals surface area (Å²) in [4.78, 5) is 17.1. The van der Waals surface area contributed by atoms with Gasteiger partial charge < -0.3 is 14.6 Å². The van der Waals surface area contributed by atoms with Gasteiger partial charge in [0.25, 0.3) is 5.56 Å². The average Bonchev–Trinajstić information content (AvgIpc) is 3.07. The molecule has 9 nitrogen and oxygen atoms in total. The SMILES string of the molecule is COc1cc(N=Cc2c(C)c(C#N)c(=O)n(C3CCS(=O)(=O)C3)c2O)cc(OC)c1. The molecular formula is C20H21N3O6S. The Kier molecular flexibility index (Phi) is 5.85. The van der Waals surface area contributed by atoms with Gasteiger partial charge in [-0.25, -0.2) is 8.42 Å². The van der Waals surface area contributed by atoms with Crippen molar-refractivity contribution >= 4 is 21.7 Å². The number of sulfone groups is 1. The van der Waals surface area contributed by atoms with Crippen LogP contribution >= 0.6 is 0 Å². The van der Waals surface area contributed by atoms with E-state index in [1.165, 1.54) is 27.4 Å². The van der Waals surface area contributed by atoms with E-state index in [2.05, 4.69) is 4.99 Å². The summed E-state index contributed by atoms with van der Waals surface area (Å²) in [5.74, 6) is 0.268. The smallest absolute Gasteiger partial charge is 0.271 e. The van der Waals surface area contributed by atoms with Crippen molar-refractivity contribution in [1.82, 2.24) is 4.57 Å². The molecule has 1 saturated heterocycles. The molecule has 1 atom stereocenters. The third-order valence-electron chi connectivity index (χ3n) is 5.05. The number of nitrogens with zero attached hydrogens (tertiary/aromatic N) is 3. The van der Waals surface area contributed by atoms with Crippen LogP contribution < -0.4 is 15.0 Å². The fourth-order valence-corrected chi connectivity index (χ4v) is 5.12. The van der Waals surface area contributed by atoms with E-state index in [1.807, 2.05) is 6.07 Å². The molecule has 0 aliphatic carbocycles. The van der Waals surface area contributed by atoms with Crippen molar-refractivity contribution in [3.05, 3.63) is 45.2 Å². The summed E-state index contributed by atoms with van der Waals surface area (Å²) in [5.41, 5.74) is 0.00854. The van der Waals surface area contributed by atoms with Gasteiger partial charge in [-0.2, -0.15) is 5.26 Å². The molecule has 0 amide bonds. The molecule has 0 spiro atoms. The Morgan fingerprint density at radius 3 is 2.40 bits per heavy atom. The predicted molar refractivity (Wildman–Crippen MR) is 111 cm³/mol. The van der Waals surface area contributed by atoms with E-state index in [4.69, 9.17) is 9.47 Å². The number of aliphatic imine (C=N–C) groups is 1. The summed E-state index contributed by atoms with van der Waals surface area (Å²) in [6, 6.07) is 6.09. The number of ether oxygens (including phenoxy) is 2. The van der Waals surface area contributed by atoms with Crippen LogP contribution in [-0.2, 0) is 9.84 Å². The lowest BCUT2D eigenvalue weighted by atomic mass is 10.0. The normalized spacial score (nSPS) is 17.7. The van der Waals surface area contributed by atoms with E-state index < -0.39 is 27.3 Å². The largest absolute Gasteiger partial charge is 0.497 e. The molecule has 2 aromatic rings. The van der Waals surface area contributed by atoms with Crippen molar-refractivity contribution in [3.8, 4) is 23.4 Å². The maximum Gasteiger partial charge on any atom is 0.271 e. The van der Waals surface area contributed by atoms with Crippen molar-refractivity contribution in [3.63, 3.8) is 0 Å². The van der Waals surface area contributed by atoms with E-state index in [-0.39, 0.29) is 34.6 Å².